The first-order valence-electron chi connectivity index (χ1n) is 3.98. The third kappa shape index (κ3) is 2.05. The summed E-state index contributed by atoms with van der Waals surface area (Å²) in [6.07, 6.45) is 3.63. The van der Waals surface area contributed by atoms with Crippen molar-refractivity contribution in [3.63, 3.8) is 0 Å². The molecule has 1 heterocycles. The maximum atomic E-state index is 9.31. The topological polar surface area (TPSA) is 66.2 Å². The first-order chi connectivity index (χ1) is 7.20. The van der Waals surface area contributed by atoms with Crippen LogP contribution in [0, 0.1) is 6.26 Å². The van der Waals surface area contributed by atoms with Crippen LogP contribution in [0.5, 0.6) is 11.5 Å². The van der Waals surface area contributed by atoms with Crippen molar-refractivity contribution in [3.8, 4) is 22.1 Å². The molecule has 2 aromatic rings. The summed E-state index contributed by atoms with van der Waals surface area (Å²) in [6.45, 7) is 0. The minimum absolute atomic E-state index is 0.143. The molecule has 0 aliphatic carbocycles. The average Bonchev–Trinajstić information content (AvgIpc) is 2.70. The summed E-state index contributed by atoms with van der Waals surface area (Å²) in [7, 11) is 0. The molecule has 1 aromatic carbocycles. The van der Waals surface area contributed by atoms with Gasteiger partial charge in [0.1, 0.15) is 5.01 Å². The molecule has 0 fully saturated rings. The quantitative estimate of drug-likeness (QED) is 0.622. The fourth-order valence-electron chi connectivity index (χ4n) is 1.04. The summed E-state index contributed by atoms with van der Waals surface area (Å²) >= 11 is 2.66. The van der Waals surface area contributed by atoms with Gasteiger partial charge in [-0.25, -0.2) is 0 Å². The fourth-order valence-corrected chi connectivity index (χ4v) is 2.19. The summed E-state index contributed by atoms with van der Waals surface area (Å²) in [5.74, 6) is -0.304. The molecule has 6 heteroatoms. The van der Waals surface area contributed by atoms with E-state index in [9.17, 15) is 5.11 Å². The fraction of sp³-hybridized carbons (Fsp3) is 0. The Bertz CT molecular complexity index is 485. The second kappa shape index (κ2) is 4.08. The van der Waals surface area contributed by atoms with Crippen LogP contribution in [-0.2, 0) is 0 Å². The summed E-state index contributed by atoms with van der Waals surface area (Å²) < 4.78 is 0.762. The van der Waals surface area contributed by atoms with Crippen molar-refractivity contribution in [1.29, 1.82) is 0 Å². The highest BCUT2D eigenvalue weighted by Crippen LogP contribution is 2.33. The summed E-state index contributed by atoms with van der Waals surface area (Å²) in [5, 5.41) is 27.0. The van der Waals surface area contributed by atoms with Crippen LogP contribution in [0.3, 0.4) is 0 Å². The molecule has 4 nitrogen and oxygen atoms in total. The van der Waals surface area contributed by atoms with Gasteiger partial charge in [-0.1, -0.05) is 23.1 Å². The van der Waals surface area contributed by atoms with E-state index in [0.717, 1.165) is 9.90 Å². The average molecular weight is 239 g/mol. The molecule has 0 bridgehead atoms. The lowest BCUT2D eigenvalue weighted by Crippen LogP contribution is -1.77. The molecule has 0 aliphatic heterocycles. The van der Waals surface area contributed by atoms with Crippen LogP contribution >= 0.6 is 23.1 Å². The maximum absolute atomic E-state index is 9.31. The van der Waals surface area contributed by atoms with Gasteiger partial charge in [0.2, 0.25) is 0 Å². The Hall–Kier alpha value is -1.27. The predicted octanol–water partition coefficient (Wildman–Crippen LogP) is 2.50. The molecule has 0 spiro atoms. The van der Waals surface area contributed by atoms with Crippen LogP contribution in [0.1, 0.15) is 0 Å². The number of aromatic nitrogens is 2. The molecule has 0 saturated heterocycles. The Morgan fingerprint density at radius 2 is 2.00 bits per heavy atom. The molecule has 0 aliphatic rings. The highest BCUT2D eigenvalue weighted by molar-refractivity contribution is 8.02. The first kappa shape index (κ1) is 10.3. The number of phenols is 2. The van der Waals surface area contributed by atoms with Gasteiger partial charge in [0.25, 0.3) is 0 Å². The van der Waals surface area contributed by atoms with Crippen molar-refractivity contribution in [1.82, 2.24) is 10.2 Å². The number of hydrogen-bond donors (Lipinski definition) is 2. The Morgan fingerprint density at radius 3 is 2.60 bits per heavy atom. The van der Waals surface area contributed by atoms with Crippen molar-refractivity contribution >= 4 is 23.1 Å². The third-order valence-corrected chi connectivity index (χ3v) is 3.45. The summed E-state index contributed by atoms with van der Waals surface area (Å²) in [4.78, 5) is 0. The standard InChI is InChI=1S/C9H7N2O2S2/c1-14-9-11-10-8(15-9)5-2-3-6(12)7(13)4-5/h2-4,12-13H,1H2. The van der Waals surface area contributed by atoms with E-state index >= 15 is 0 Å². The molecular weight excluding hydrogens is 232 g/mol. The van der Waals surface area contributed by atoms with Gasteiger partial charge in [-0.2, -0.15) is 0 Å². The number of thioether (sulfide) groups is 1. The smallest absolute Gasteiger partial charge is 0.174 e. The monoisotopic (exact) mass is 239 g/mol. The minimum Gasteiger partial charge on any atom is -0.504 e. The number of aromatic hydroxyl groups is 2. The van der Waals surface area contributed by atoms with E-state index in [-0.39, 0.29) is 11.5 Å². The van der Waals surface area contributed by atoms with Crippen LogP contribution in [0.25, 0.3) is 10.6 Å². The zero-order valence-electron chi connectivity index (χ0n) is 7.54. The largest absolute Gasteiger partial charge is 0.504 e. The van der Waals surface area contributed by atoms with Crippen molar-refractivity contribution in [2.75, 3.05) is 0 Å². The van der Waals surface area contributed by atoms with E-state index in [2.05, 4.69) is 16.5 Å². The number of nitrogens with zero attached hydrogens (tertiary/aromatic N) is 2. The Labute approximate surface area is 94.6 Å². The normalized spacial score (nSPS) is 10.5. The predicted molar refractivity (Wildman–Crippen MR) is 59.9 cm³/mol. The molecule has 15 heavy (non-hydrogen) atoms. The highest BCUT2D eigenvalue weighted by atomic mass is 32.2. The molecule has 0 amide bonds. The van der Waals surface area contributed by atoms with Crippen LogP contribution in [0.2, 0.25) is 0 Å². The van der Waals surface area contributed by atoms with Gasteiger partial charge in [0.05, 0.1) is 0 Å². The van der Waals surface area contributed by atoms with E-state index < -0.39 is 0 Å². The molecule has 1 aromatic heterocycles. The molecule has 0 atom stereocenters. The Balaban J connectivity index is 2.40. The minimum atomic E-state index is -0.161. The lowest BCUT2D eigenvalue weighted by molar-refractivity contribution is 0.404. The van der Waals surface area contributed by atoms with Crippen molar-refractivity contribution < 1.29 is 10.2 Å². The lowest BCUT2D eigenvalue weighted by Gasteiger charge is -1.98. The second-order valence-corrected chi connectivity index (χ2v) is 4.63. The van der Waals surface area contributed by atoms with E-state index in [0.29, 0.717) is 5.01 Å². The molecule has 2 rings (SSSR count). The zero-order chi connectivity index (χ0) is 10.8. The third-order valence-electron chi connectivity index (χ3n) is 1.75. The number of rotatable bonds is 2. The molecular formula is C9H7N2O2S2. The van der Waals surface area contributed by atoms with Crippen LogP contribution in [0.15, 0.2) is 22.5 Å². The van der Waals surface area contributed by atoms with Gasteiger partial charge in [-0.05, 0) is 18.2 Å². The second-order valence-electron chi connectivity index (χ2n) is 2.72. The summed E-state index contributed by atoms with van der Waals surface area (Å²) in [6, 6.07) is 4.55. The van der Waals surface area contributed by atoms with Gasteiger partial charge in [0, 0.05) is 11.8 Å². The van der Waals surface area contributed by atoms with E-state index in [1.54, 1.807) is 6.07 Å². The number of benzene rings is 1. The zero-order valence-corrected chi connectivity index (χ0v) is 9.18. The number of phenolic OH excluding ortho intramolecular Hbond substituents is 2. The van der Waals surface area contributed by atoms with E-state index in [4.69, 9.17) is 5.11 Å². The van der Waals surface area contributed by atoms with Crippen LogP contribution in [0.4, 0.5) is 0 Å². The van der Waals surface area contributed by atoms with Crippen LogP contribution in [-0.4, -0.2) is 20.4 Å². The van der Waals surface area contributed by atoms with Gasteiger partial charge in [0.15, 0.2) is 15.8 Å². The lowest BCUT2D eigenvalue weighted by atomic mass is 10.2. The SMILES string of the molecule is [CH2]Sc1nnc(-c2ccc(O)c(O)c2)s1. The van der Waals surface area contributed by atoms with E-state index in [1.807, 2.05) is 0 Å². The van der Waals surface area contributed by atoms with Gasteiger partial charge < -0.3 is 10.2 Å². The molecule has 2 N–H and O–H groups in total. The van der Waals surface area contributed by atoms with Crippen LogP contribution < -0.4 is 0 Å². The van der Waals surface area contributed by atoms with Gasteiger partial charge in [-0.3, -0.25) is 0 Å². The van der Waals surface area contributed by atoms with E-state index in [1.165, 1.54) is 35.2 Å². The highest BCUT2D eigenvalue weighted by Gasteiger charge is 2.08. The Kier molecular flexibility index (Phi) is 2.79. The molecule has 77 valence electrons. The van der Waals surface area contributed by atoms with Crippen molar-refractivity contribution in [2.45, 2.75) is 4.34 Å². The number of hydrogen-bond acceptors (Lipinski definition) is 6. The van der Waals surface area contributed by atoms with Crippen molar-refractivity contribution in [2.24, 2.45) is 0 Å². The molecule has 1 radical (unpaired) electrons. The molecule has 0 saturated carbocycles. The van der Waals surface area contributed by atoms with Gasteiger partial charge >= 0.3 is 0 Å². The Morgan fingerprint density at radius 1 is 1.20 bits per heavy atom. The van der Waals surface area contributed by atoms with Crippen molar-refractivity contribution in [3.05, 3.63) is 24.5 Å². The summed E-state index contributed by atoms with van der Waals surface area (Å²) in [5.41, 5.74) is 0.725. The first-order valence-corrected chi connectivity index (χ1v) is 5.79. The molecule has 0 unspecified atom stereocenters. The maximum Gasteiger partial charge on any atom is 0.174 e. The van der Waals surface area contributed by atoms with Gasteiger partial charge in [-0.15, -0.1) is 10.2 Å².